The lowest BCUT2D eigenvalue weighted by molar-refractivity contribution is -0.119. The molecule has 0 fully saturated rings. The molecule has 0 bridgehead atoms. The van der Waals surface area contributed by atoms with Crippen LogP contribution in [-0.2, 0) is 14.8 Å². The summed E-state index contributed by atoms with van der Waals surface area (Å²) in [6.45, 7) is 4.56. The van der Waals surface area contributed by atoms with Crippen molar-refractivity contribution >= 4 is 21.6 Å². The van der Waals surface area contributed by atoms with Gasteiger partial charge in [0.2, 0.25) is 15.9 Å². The van der Waals surface area contributed by atoms with E-state index >= 15 is 0 Å². The third kappa shape index (κ3) is 5.27. The Labute approximate surface area is 113 Å². The number of sulfonamides is 1. The highest BCUT2D eigenvalue weighted by molar-refractivity contribution is 7.89. The highest BCUT2D eigenvalue weighted by Crippen LogP contribution is 2.18. The minimum atomic E-state index is -3.80. The van der Waals surface area contributed by atoms with E-state index in [1.807, 2.05) is 13.8 Å². The number of amides is 1. The molecule has 1 rings (SSSR count). The van der Waals surface area contributed by atoms with Gasteiger partial charge in [0.15, 0.2) is 0 Å². The van der Waals surface area contributed by atoms with E-state index in [0.29, 0.717) is 18.2 Å². The molecule has 6 nitrogen and oxygen atoms in total. The van der Waals surface area contributed by atoms with Crippen molar-refractivity contribution < 1.29 is 13.2 Å². The van der Waals surface area contributed by atoms with Crippen molar-refractivity contribution in [2.24, 2.45) is 11.1 Å². The zero-order valence-electron chi connectivity index (χ0n) is 11.0. The summed E-state index contributed by atoms with van der Waals surface area (Å²) < 4.78 is 22.7. The van der Waals surface area contributed by atoms with E-state index in [1.54, 1.807) is 18.2 Å². The number of nitrogens with two attached hydrogens (primary N) is 1. The quantitative estimate of drug-likeness (QED) is 0.709. The average Bonchev–Trinajstić information content (AvgIpc) is 2.33. The lowest BCUT2D eigenvalue weighted by Crippen LogP contribution is -2.32. The Bertz CT molecular complexity index is 541. The number of hydrogen-bond donors (Lipinski definition) is 3. The molecule has 0 aliphatic heterocycles. The van der Waals surface area contributed by atoms with Gasteiger partial charge in [-0.3, -0.25) is 4.79 Å². The summed E-state index contributed by atoms with van der Waals surface area (Å²) in [7, 11) is -3.80. The lowest BCUT2D eigenvalue weighted by atomic mass is 10.2. The van der Waals surface area contributed by atoms with Crippen molar-refractivity contribution in [1.82, 2.24) is 5.32 Å². The first-order valence-corrected chi connectivity index (χ1v) is 7.47. The Morgan fingerprint density at radius 3 is 2.53 bits per heavy atom. The van der Waals surface area contributed by atoms with Crippen molar-refractivity contribution in [3.05, 3.63) is 24.3 Å². The molecule has 0 aromatic heterocycles. The van der Waals surface area contributed by atoms with E-state index in [-0.39, 0.29) is 17.3 Å². The van der Waals surface area contributed by atoms with E-state index in [4.69, 9.17) is 5.14 Å². The van der Waals surface area contributed by atoms with Crippen LogP contribution in [-0.4, -0.2) is 27.4 Å². The fourth-order valence-corrected chi connectivity index (χ4v) is 2.13. The number of benzene rings is 1. The Morgan fingerprint density at radius 2 is 1.95 bits per heavy atom. The second-order valence-electron chi connectivity index (χ2n) is 4.59. The zero-order valence-corrected chi connectivity index (χ0v) is 11.8. The Hall–Kier alpha value is -1.60. The smallest absolute Gasteiger partial charge is 0.240 e. The molecule has 0 unspecified atom stereocenters. The van der Waals surface area contributed by atoms with Gasteiger partial charge < -0.3 is 10.6 Å². The molecule has 0 saturated carbocycles. The van der Waals surface area contributed by atoms with Crippen LogP contribution in [0.5, 0.6) is 0 Å². The first-order valence-electron chi connectivity index (χ1n) is 5.93. The minimum absolute atomic E-state index is 0.000741. The molecule has 0 aliphatic rings. The first kappa shape index (κ1) is 15.5. The topological polar surface area (TPSA) is 101 Å². The number of nitrogens with one attached hydrogen (secondary N) is 2. The maximum Gasteiger partial charge on any atom is 0.240 e. The maximum absolute atomic E-state index is 11.5. The predicted octanol–water partition coefficient (Wildman–Crippen LogP) is 0.518. The van der Waals surface area contributed by atoms with Crippen LogP contribution in [0.1, 0.15) is 13.8 Å². The Balaban J connectivity index is 2.66. The number of para-hydroxylation sites is 1. The van der Waals surface area contributed by atoms with Crippen LogP contribution in [0.25, 0.3) is 0 Å². The number of anilines is 1. The first-order chi connectivity index (χ1) is 8.80. The number of hydrogen-bond acceptors (Lipinski definition) is 4. The molecule has 0 radical (unpaired) electrons. The molecule has 0 heterocycles. The van der Waals surface area contributed by atoms with Crippen molar-refractivity contribution in [2.45, 2.75) is 18.7 Å². The fourth-order valence-electron chi connectivity index (χ4n) is 1.42. The van der Waals surface area contributed by atoms with Gasteiger partial charge in [0, 0.05) is 6.54 Å². The van der Waals surface area contributed by atoms with Gasteiger partial charge in [-0.15, -0.1) is 0 Å². The minimum Gasteiger partial charge on any atom is -0.375 e. The van der Waals surface area contributed by atoms with Gasteiger partial charge in [-0.25, -0.2) is 13.6 Å². The van der Waals surface area contributed by atoms with Gasteiger partial charge in [0.05, 0.1) is 12.2 Å². The van der Waals surface area contributed by atoms with Crippen LogP contribution in [0.3, 0.4) is 0 Å². The number of carbonyl (C=O) groups is 1. The molecule has 0 saturated heterocycles. The van der Waals surface area contributed by atoms with Crippen LogP contribution in [0.4, 0.5) is 5.69 Å². The number of primary sulfonamides is 1. The van der Waals surface area contributed by atoms with Crippen molar-refractivity contribution in [3.8, 4) is 0 Å². The van der Waals surface area contributed by atoms with Crippen LogP contribution >= 0.6 is 0 Å². The molecule has 7 heteroatoms. The van der Waals surface area contributed by atoms with Crippen LogP contribution in [0.15, 0.2) is 29.2 Å². The van der Waals surface area contributed by atoms with Crippen LogP contribution < -0.4 is 15.8 Å². The van der Waals surface area contributed by atoms with Crippen molar-refractivity contribution in [3.63, 3.8) is 0 Å². The van der Waals surface area contributed by atoms with E-state index in [2.05, 4.69) is 10.6 Å². The Morgan fingerprint density at radius 1 is 1.32 bits per heavy atom. The summed E-state index contributed by atoms with van der Waals surface area (Å²) in [4.78, 5) is 11.5. The Kier molecular flexibility index (Phi) is 5.31. The van der Waals surface area contributed by atoms with Gasteiger partial charge in [-0.05, 0) is 18.1 Å². The molecule has 0 aliphatic carbocycles. The molecule has 0 spiro atoms. The molecule has 106 valence electrons. The SMILES string of the molecule is CC(C)CNC(=O)CNc1ccccc1S(N)(=O)=O. The van der Waals surface area contributed by atoms with Gasteiger partial charge in [0.1, 0.15) is 4.90 Å². The second-order valence-corrected chi connectivity index (χ2v) is 6.12. The molecular weight excluding hydrogens is 266 g/mol. The van der Waals surface area contributed by atoms with E-state index in [1.165, 1.54) is 6.07 Å². The third-order valence-electron chi connectivity index (χ3n) is 2.34. The van der Waals surface area contributed by atoms with Crippen molar-refractivity contribution in [2.75, 3.05) is 18.4 Å². The van der Waals surface area contributed by atoms with Gasteiger partial charge in [-0.2, -0.15) is 0 Å². The summed E-state index contributed by atoms with van der Waals surface area (Å²) in [6.07, 6.45) is 0. The molecule has 19 heavy (non-hydrogen) atoms. The summed E-state index contributed by atoms with van der Waals surface area (Å²) in [5.41, 5.74) is 0.324. The summed E-state index contributed by atoms with van der Waals surface area (Å²) in [5.74, 6) is 0.165. The van der Waals surface area contributed by atoms with Gasteiger partial charge in [0.25, 0.3) is 0 Å². The van der Waals surface area contributed by atoms with E-state index in [0.717, 1.165) is 0 Å². The number of carbonyl (C=O) groups excluding carboxylic acids is 1. The highest BCUT2D eigenvalue weighted by atomic mass is 32.2. The zero-order chi connectivity index (χ0) is 14.5. The monoisotopic (exact) mass is 285 g/mol. The summed E-state index contributed by atoms with van der Waals surface area (Å²) >= 11 is 0. The van der Waals surface area contributed by atoms with Crippen LogP contribution in [0, 0.1) is 5.92 Å². The highest BCUT2D eigenvalue weighted by Gasteiger charge is 2.13. The molecule has 1 aromatic rings. The molecule has 4 N–H and O–H groups in total. The largest absolute Gasteiger partial charge is 0.375 e. The molecule has 1 amide bonds. The number of rotatable bonds is 6. The standard InChI is InChI=1S/C12H19N3O3S/c1-9(2)7-15-12(16)8-14-10-5-3-4-6-11(10)19(13,17)18/h3-6,9,14H,7-8H2,1-2H3,(H,15,16)(H2,13,17,18). The third-order valence-corrected chi connectivity index (χ3v) is 3.31. The predicted molar refractivity (Wildman–Crippen MR) is 74.2 cm³/mol. The molecule has 0 atom stereocenters. The second kappa shape index (κ2) is 6.53. The summed E-state index contributed by atoms with van der Waals surface area (Å²) in [6, 6.07) is 6.20. The summed E-state index contributed by atoms with van der Waals surface area (Å²) in [5, 5.41) is 10.6. The molecular formula is C12H19N3O3S. The average molecular weight is 285 g/mol. The van der Waals surface area contributed by atoms with Gasteiger partial charge in [-0.1, -0.05) is 26.0 Å². The van der Waals surface area contributed by atoms with E-state index < -0.39 is 10.0 Å². The molecule has 1 aromatic carbocycles. The lowest BCUT2D eigenvalue weighted by Gasteiger charge is -2.11. The van der Waals surface area contributed by atoms with Crippen LogP contribution in [0.2, 0.25) is 0 Å². The maximum atomic E-state index is 11.5. The van der Waals surface area contributed by atoms with Gasteiger partial charge >= 0.3 is 0 Å². The fraction of sp³-hybridized carbons (Fsp3) is 0.417. The van der Waals surface area contributed by atoms with E-state index in [9.17, 15) is 13.2 Å². The van der Waals surface area contributed by atoms with Crippen molar-refractivity contribution in [1.29, 1.82) is 0 Å². The normalized spacial score (nSPS) is 11.4.